The van der Waals surface area contributed by atoms with E-state index in [-0.39, 0.29) is 6.04 Å². The van der Waals surface area contributed by atoms with Gasteiger partial charge in [-0.25, -0.2) is 0 Å². The third kappa shape index (κ3) is 2.51. The Bertz CT molecular complexity index is 661. The Kier molecular flexibility index (Phi) is 3.29. The maximum atomic E-state index is 5.53. The molecular formula is C16H16N2O. The van der Waals surface area contributed by atoms with Crippen molar-refractivity contribution in [3.05, 3.63) is 66.2 Å². The molecule has 3 aromatic rings. The lowest BCUT2D eigenvalue weighted by atomic mass is 10.1. The van der Waals surface area contributed by atoms with Gasteiger partial charge in [-0.3, -0.25) is 4.98 Å². The van der Waals surface area contributed by atoms with E-state index in [1.165, 1.54) is 10.9 Å². The molecule has 0 aliphatic heterocycles. The number of hydrogen-bond acceptors (Lipinski definition) is 3. The van der Waals surface area contributed by atoms with Gasteiger partial charge in [-0.05, 0) is 25.1 Å². The first-order valence-electron chi connectivity index (χ1n) is 6.44. The molecule has 3 rings (SSSR count). The first-order valence-corrected chi connectivity index (χ1v) is 6.44. The number of hydrogen-bond donors (Lipinski definition) is 1. The average Bonchev–Trinajstić information content (AvgIpc) is 2.89. The summed E-state index contributed by atoms with van der Waals surface area (Å²) in [6, 6.07) is 14.3. The predicted molar refractivity (Wildman–Crippen MR) is 75.7 cm³/mol. The molecule has 1 N–H and O–H groups in total. The first-order chi connectivity index (χ1) is 9.34. The summed E-state index contributed by atoms with van der Waals surface area (Å²) in [6.45, 7) is 2.89. The van der Waals surface area contributed by atoms with Crippen LogP contribution in [0.2, 0.25) is 0 Å². The van der Waals surface area contributed by atoms with Crippen molar-refractivity contribution in [2.24, 2.45) is 0 Å². The Morgan fingerprint density at radius 1 is 1.16 bits per heavy atom. The molecule has 0 amide bonds. The van der Waals surface area contributed by atoms with Crippen LogP contribution in [0.3, 0.4) is 0 Å². The van der Waals surface area contributed by atoms with Crippen LogP contribution >= 0.6 is 0 Å². The number of rotatable bonds is 4. The monoisotopic (exact) mass is 252 g/mol. The van der Waals surface area contributed by atoms with Crippen LogP contribution in [0.5, 0.6) is 0 Å². The fourth-order valence-corrected chi connectivity index (χ4v) is 2.17. The van der Waals surface area contributed by atoms with Crippen molar-refractivity contribution in [3.8, 4) is 0 Å². The zero-order valence-electron chi connectivity index (χ0n) is 10.8. The van der Waals surface area contributed by atoms with E-state index in [9.17, 15) is 0 Å². The van der Waals surface area contributed by atoms with E-state index in [0.717, 1.165) is 17.8 Å². The van der Waals surface area contributed by atoms with Gasteiger partial charge in [0.15, 0.2) is 0 Å². The summed E-state index contributed by atoms with van der Waals surface area (Å²) in [5, 5.41) is 4.64. The number of furan rings is 1. The third-order valence-corrected chi connectivity index (χ3v) is 3.29. The van der Waals surface area contributed by atoms with Crippen LogP contribution < -0.4 is 5.32 Å². The van der Waals surface area contributed by atoms with Crippen LogP contribution in [0, 0.1) is 0 Å². The molecule has 0 aliphatic carbocycles. The van der Waals surface area contributed by atoms with Crippen molar-refractivity contribution in [2.45, 2.75) is 19.5 Å². The smallest absolute Gasteiger partial charge is 0.134 e. The van der Waals surface area contributed by atoms with Crippen molar-refractivity contribution in [2.75, 3.05) is 0 Å². The van der Waals surface area contributed by atoms with Crippen molar-refractivity contribution in [1.29, 1.82) is 0 Å². The minimum atomic E-state index is 0.217. The van der Waals surface area contributed by atoms with Crippen molar-refractivity contribution < 1.29 is 4.42 Å². The van der Waals surface area contributed by atoms with Crippen LogP contribution in [0.4, 0.5) is 0 Å². The molecule has 0 aliphatic rings. The summed E-state index contributed by atoms with van der Waals surface area (Å²) in [4.78, 5) is 4.35. The summed E-state index contributed by atoms with van der Waals surface area (Å²) in [7, 11) is 0. The van der Waals surface area contributed by atoms with Gasteiger partial charge in [0, 0.05) is 29.7 Å². The van der Waals surface area contributed by atoms with E-state index in [4.69, 9.17) is 4.42 Å². The SMILES string of the molecule is C[C@@H](NCc1coc2ccccc12)c1ccccn1. The van der Waals surface area contributed by atoms with E-state index in [0.29, 0.717) is 0 Å². The summed E-state index contributed by atoms with van der Waals surface area (Å²) >= 11 is 0. The molecule has 19 heavy (non-hydrogen) atoms. The van der Waals surface area contributed by atoms with Gasteiger partial charge in [-0.1, -0.05) is 24.3 Å². The van der Waals surface area contributed by atoms with E-state index in [2.05, 4.69) is 23.3 Å². The van der Waals surface area contributed by atoms with Crippen molar-refractivity contribution in [3.63, 3.8) is 0 Å². The maximum Gasteiger partial charge on any atom is 0.134 e. The summed E-state index contributed by atoms with van der Waals surface area (Å²) in [6.07, 6.45) is 3.64. The van der Waals surface area contributed by atoms with E-state index >= 15 is 0 Å². The van der Waals surface area contributed by atoms with Crippen molar-refractivity contribution in [1.82, 2.24) is 10.3 Å². The average molecular weight is 252 g/mol. The third-order valence-electron chi connectivity index (χ3n) is 3.29. The van der Waals surface area contributed by atoms with Crippen LogP contribution in [0.25, 0.3) is 11.0 Å². The fraction of sp³-hybridized carbons (Fsp3) is 0.188. The second-order valence-corrected chi connectivity index (χ2v) is 4.61. The minimum Gasteiger partial charge on any atom is -0.464 e. The Balaban J connectivity index is 1.73. The molecular weight excluding hydrogens is 236 g/mol. The topological polar surface area (TPSA) is 38.1 Å². The quantitative estimate of drug-likeness (QED) is 0.769. The number of para-hydroxylation sites is 1. The second-order valence-electron chi connectivity index (χ2n) is 4.61. The lowest BCUT2D eigenvalue weighted by Gasteiger charge is -2.12. The van der Waals surface area contributed by atoms with Crippen LogP contribution in [0.1, 0.15) is 24.2 Å². The summed E-state index contributed by atoms with van der Waals surface area (Å²) in [5.74, 6) is 0. The number of nitrogens with one attached hydrogen (secondary N) is 1. The molecule has 0 saturated heterocycles. The molecule has 0 fully saturated rings. The highest BCUT2D eigenvalue weighted by atomic mass is 16.3. The Morgan fingerprint density at radius 2 is 2.00 bits per heavy atom. The van der Waals surface area contributed by atoms with Gasteiger partial charge >= 0.3 is 0 Å². The molecule has 2 heterocycles. The highest BCUT2D eigenvalue weighted by molar-refractivity contribution is 5.80. The Morgan fingerprint density at radius 3 is 2.84 bits per heavy atom. The Labute approximate surface area is 112 Å². The van der Waals surface area contributed by atoms with Crippen LogP contribution in [0.15, 0.2) is 59.3 Å². The van der Waals surface area contributed by atoms with Crippen LogP contribution in [-0.4, -0.2) is 4.98 Å². The second kappa shape index (κ2) is 5.24. The van der Waals surface area contributed by atoms with Crippen LogP contribution in [-0.2, 0) is 6.54 Å². The van der Waals surface area contributed by atoms with Gasteiger partial charge in [-0.2, -0.15) is 0 Å². The molecule has 0 bridgehead atoms. The zero-order chi connectivity index (χ0) is 13.1. The van der Waals surface area contributed by atoms with E-state index in [1.807, 2.05) is 48.9 Å². The highest BCUT2D eigenvalue weighted by Crippen LogP contribution is 2.21. The molecule has 3 heteroatoms. The molecule has 0 spiro atoms. The maximum absolute atomic E-state index is 5.53. The van der Waals surface area contributed by atoms with Gasteiger partial charge in [0.1, 0.15) is 5.58 Å². The number of pyridine rings is 1. The Hall–Kier alpha value is -2.13. The van der Waals surface area contributed by atoms with Gasteiger partial charge in [0.25, 0.3) is 0 Å². The zero-order valence-corrected chi connectivity index (χ0v) is 10.8. The van der Waals surface area contributed by atoms with Gasteiger partial charge in [-0.15, -0.1) is 0 Å². The molecule has 2 aromatic heterocycles. The fourth-order valence-electron chi connectivity index (χ4n) is 2.17. The number of benzene rings is 1. The number of aromatic nitrogens is 1. The van der Waals surface area contributed by atoms with E-state index < -0.39 is 0 Å². The molecule has 1 aromatic carbocycles. The molecule has 96 valence electrons. The minimum absolute atomic E-state index is 0.217. The molecule has 3 nitrogen and oxygen atoms in total. The van der Waals surface area contributed by atoms with E-state index in [1.54, 1.807) is 0 Å². The first kappa shape index (κ1) is 11.9. The summed E-state index contributed by atoms with van der Waals surface area (Å²) in [5.41, 5.74) is 3.17. The molecule has 0 radical (unpaired) electrons. The largest absolute Gasteiger partial charge is 0.464 e. The highest BCUT2D eigenvalue weighted by Gasteiger charge is 2.08. The predicted octanol–water partition coefficient (Wildman–Crippen LogP) is 3.68. The molecule has 0 unspecified atom stereocenters. The lowest BCUT2D eigenvalue weighted by Crippen LogP contribution is -2.18. The van der Waals surface area contributed by atoms with Crippen molar-refractivity contribution >= 4 is 11.0 Å². The van der Waals surface area contributed by atoms with Gasteiger partial charge < -0.3 is 9.73 Å². The molecule has 1 atom stereocenters. The number of nitrogens with zero attached hydrogens (tertiary/aromatic N) is 1. The summed E-state index contributed by atoms with van der Waals surface area (Å²) < 4.78 is 5.53. The van der Waals surface area contributed by atoms with Gasteiger partial charge in [0.05, 0.1) is 12.0 Å². The molecule has 0 saturated carbocycles. The van der Waals surface area contributed by atoms with Gasteiger partial charge in [0.2, 0.25) is 0 Å². The lowest BCUT2D eigenvalue weighted by molar-refractivity contribution is 0.552. The normalized spacial score (nSPS) is 12.7. The standard InChI is InChI=1S/C16H16N2O/c1-12(15-7-4-5-9-17-15)18-10-13-11-19-16-8-3-2-6-14(13)16/h2-9,11-12,18H,10H2,1H3/t12-/m1/s1. The number of fused-ring (bicyclic) bond motifs is 1.